The van der Waals surface area contributed by atoms with Crippen molar-refractivity contribution in [2.75, 3.05) is 5.32 Å². The highest BCUT2D eigenvalue weighted by Gasteiger charge is 2.13. The maximum Gasteiger partial charge on any atom is 0.305 e. The number of nitrogens with one attached hydrogen (secondary N) is 2. The first-order chi connectivity index (χ1) is 11.1. The zero-order valence-electron chi connectivity index (χ0n) is 12.3. The summed E-state index contributed by atoms with van der Waals surface area (Å²) in [6.07, 6.45) is 0. The lowest BCUT2D eigenvalue weighted by Crippen LogP contribution is -2.11. The molecule has 1 aromatic heterocycles. The number of benzene rings is 2. The minimum Gasteiger partial charge on any atom is -0.457 e. The van der Waals surface area contributed by atoms with E-state index in [9.17, 15) is 9.59 Å². The molecule has 0 bridgehead atoms. The molecule has 2 aromatic carbocycles. The van der Waals surface area contributed by atoms with Crippen LogP contribution in [0.1, 0.15) is 15.4 Å². The summed E-state index contributed by atoms with van der Waals surface area (Å²) in [5, 5.41) is 2.76. The Balaban J connectivity index is 1.69. The van der Waals surface area contributed by atoms with Crippen LogP contribution in [0.25, 0.3) is 0 Å². The highest BCUT2D eigenvalue weighted by molar-refractivity contribution is 7.11. The molecule has 0 aliphatic carbocycles. The Hall–Kier alpha value is -2.86. The summed E-state index contributed by atoms with van der Waals surface area (Å²) in [7, 11) is 0. The van der Waals surface area contributed by atoms with Gasteiger partial charge in [-0.1, -0.05) is 29.5 Å². The lowest BCUT2D eigenvalue weighted by molar-refractivity contribution is 0.103. The third-order valence-corrected chi connectivity index (χ3v) is 4.11. The Morgan fingerprint density at radius 2 is 1.70 bits per heavy atom. The fraction of sp³-hybridized carbons (Fsp3) is 0.0588. The molecule has 0 saturated carbocycles. The van der Waals surface area contributed by atoms with Crippen LogP contribution < -0.4 is 14.9 Å². The molecule has 0 atom stereocenters. The van der Waals surface area contributed by atoms with E-state index in [-0.39, 0.29) is 10.8 Å². The number of hydrogen-bond donors (Lipinski definition) is 2. The molecule has 0 aliphatic heterocycles. The van der Waals surface area contributed by atoms with Gasteiger partial charge >= 0.3 is 4.87 Å². The van der Waals surface area contributed by atoms with Gasteiger partial charge in [0, 0.05) is 11.4 Å². The smallest absolute Gasteiger partial charge is 0.305 e. The second kappa shape index (κ2) is 6.50. The van der Waals surface area contributed by atoms with Gasteiger partial charge in [0.05, 0.1) is 0 Å². The van der Waals surface area contributed by atoms with Crippen molar-refractivity contribution in [1.29, 1.82) is 0 Å². The van der Waals surface area contributed by atoms with Gasteiger partial charge in [-0.15, -0.1) is 0 Å². The van der Waals surface area contributed by atoms with E-state index in [2.05, 4.69) is 10.3 Å². The SMILES string of the molecule is Cc1[nH]c(=O)sc1C(=O)Nc1ccc(Oc2ccccc2)cc1. The third-order valence-electron chi connectivity index (χ3n) is 3.12. The second-order valence-electron chi connectivity index (χ2n) is 4.86. The number of amides is 1. The summed E-state index contributed by atoms with van der Waals surface area (Å²) in [4.78, 5) is 26.1. The first-order valence-corrected chi connectivity index (χ1v) is 7.77. The summed E-state index contributed by atoms with van der Waals surface area (Å²) < 4.78 is 5.69. The second-order valence-corrected chi connectivity index (χ2v) is 5.85. The van der Waals surface area contributed by atoms with Gasteiger partial charge in [-0.25, -0.2) is 0 Å². The van der Waals surface area contributed by atoms with Gasteiger partial charge in [0.2, 0.25) is 0 Å². The number of thiazole rings is 1. The zero-order valence-corrected chi connectivity index (χ0v) is 13.1. The zero-order chi connectivity index (χ0) is 16.2. The number of rotatable bonds is 4. The number of anilines is 1. The van der Waals surface area contributed by atoms with Gasteiger partial charge in [-0.3, -0.25) is 9.59 Å². The van der Waals surface area contributed by atoms with Crippen LogP contribution in [-0.4, -0.2) is 10.9 Å². The lowest BCUT2D eigenvalue weighted by atomic mass is 10.3. The maximum absolute atomic E-state index is 12.1. The Kier molecular flexibility index (Phi) is 4.25. The monoisotopic (exact) mass is 326 g/mol. The molecule has 3 aromatic rings. The van der Waals surface area contributed by atoms with Gasteiger partial charge < -0.3 is 15.0 Å². The molecule has 3 rings (SSSR count). The molecule has 0 spiro atoms. The number of aromatic amines is 1. The van der Waals surface area contributed by atoms with Crippen molar-refractivity contribution < 1.29 is 9.53 Å². The van der Waals surface area contributed by atoms with Gasteiger partial charge in [0.15, 0.2) is 0 Å². The molecule has 6 heteroatoms. The van der Waals surface area contributed by atoms with Crippen LogP contribution in [0.2, 0.25) is 0 Å². The molecule has 0 radical (unpaired) electrons. The largest absolute Gasteiger partial charge is 0.457 e. The number of aromatic nitrogens is 1. The van der Waals surface area contributed by atoms with Gasteiger partial charge in [-0.2, -0.15) is 0 Å². The molecule has 0 unspecified atom stereocenters. The molecule has 116 valence electrons. The summed E-state index contributed by atoms with van der Waals surface area (Å²) in [6, 6.07) is 16.5. The molecular formula is C17H14N2O3S. The van der Waals surface area contributed by atoms with Crippen LogP contribution in [0, 0.1) is 6.92 Å². The Labute approximate surface area is 136 Å². The Morgan fingerprint density at radius 1 is 1.04 bits per heavy atom. The van der Waals surface area contributed by atoms with E-state index in [4.69, 9.17) is 4.74 Å². The van der Waals surface area contributed by atoms with Crippen LogP contribution in [0.3, 0.4) is 0 Å². The molecule has 2 N–H and O–H groups in total. The molecule has 0 saturated heterocycles. The van der Waals surface area contributed by atoms with Crippen LogP contribution in [0.5, 0.6) is 11.5 Å². The normalized spacial score (nSPS) is 10.3. The predicted molar refractivity (Wildman–Crippen MR) is 90.6 cm³/mol. The summed E-state index contributed by atoms with van der Waals surface area (Å²) in [5.41, 5.74) is 1.21. The van der Waals surface area contributed by atoms with Crippen LogP contribution in [0.4, 0.5) is 5.69 Å². The van der Waals surface area contributed by atoms with E-state index < -0.39 is 0 Å². The van der Waals surface area contributed by atoms with Gasteiger partial charge in [0.1, 0.15) is 16.4 Å². The number of ether oxygens (including phenoxy) is 1. The van der Waals surface area contributed by atoms with Crippen LogP contribution in [-0.2, 0) is 0 Å². The molecule has 0 fully saturated rings. The first-order valence-electron chi connectivity index (χ1n) is 6.96. The van der Waals surface area contributed by atoms with Crippen molar-refractivity contribution in [3.8, 4) is 11.5 Å². The number of aryl methyl sites for hydroxylation is 1. The number of hydrogen-bond acceptors (Lipinski definition) is 4. The van der Waals surface area contributed by atoms with Crippen molar-refractivity contribution in [2.45, 2.75) is 6.92 Å². The highest BCUT2D eigenvalue weighted by atomic mass is 32.1. The van der Waals surface area contributed by atoms with E-state index in [1.54, 1.807) is 31.2 Å². The van der Waals surface area contributed by atoms with Crippen molar-refractivity contribution >= 4 is 22.9 Å². The van der Waals surface area contributed by atoms with Crippen LogP contribution in [0.15, 0.2) is 59.4 Å². The summed E-state index contributed by atoms with van der Waals surface area (Å²) in [6.45, 7) is 1.70. The average Bonchev–Trinajstić information content (AvgIpc) is 2.89. The third kappa shape index (κ3) is 3.67. The quantitative estimate of drug-likeness (QED) is 0.766. The van der Waals surface area contributed by atoms with Crippen molar-refractivity contribution in [2.24, 2.45) is 0 Å². The fourth-order valence-electron chi connectivity index (χ4n) is 2.04. The van der Waals surface area contributed by atoms with E-state index in [0.717, 1.165) is 17.1 Å². The average molecular weight is 326 g/mol. The topological polar surface area (TPSA) is 71.2 Å². The predicted octanol–water partition coefficient (Wildman–Crippen LogP) is 3.79. The molecule has 1 amide bonds. The van der Waals surface area contributed by atoms with Gasteiger partial charge in [0.25, 0.3) is 5.91 Å². The Morgan fingerprint density at radius 3 is 2.30 bits per heavy atom. The molecule has 0 aliphatic rings. The lowest BCUT2D eigenvalue weighted by Gasteiger charge is -2.07. The van der Waals surface area contributed by atoms with Crippen molar-refractivity contribution in [1.82, 2.24) is 4.98 Å². The minimum absolute atomic E-state index is 0.237. The molecular weight excluding hydrogens is 312 g/mol. The minimum atomic E-state index is -0.303. The number of para-hydroxylation sites is 1. The van der Waals surface area contributed by atoms with Crippen molar-refractivity contribution in [3.05, 3.63) is 74.8 Å². The first kappa shape index (κ1) is 15.1. The number of carbonyl (C=O) groups is 1. The van der Waals surface area contributed by atoms with Gasteiger partial charge in [-0.05, 0) is 43.3 Å². The maximum atomic E-state index is 12.1. The van der Waals surface area contributed by atoms with Crippen LogP contribution >= 0.6 is 11.3 Å². The Bertz CT molecular complexity index is 867. The number of carbonyl (C=O) groups excluding carboxylic acids is 1. The standard InChI is InChI=1S/C17H14N2O3S/c1-11-15(23-17(21)18-11)16(20)19-12-7-9-14(10-8-12)22-13-5-3-2-4-6-13/h2-10H,1H3,(H,18,21)(H,19,20). The molecule has 23 heavy (non-hydrogen) atoms. The van der Waals surface area contributed by atoms with E-state index in [1.807, 2.05) is 30.3 Å². The number of H-pyrrole nitrogens is 1. The van der Waals surface area contributed by atoms with E-state index >= 15 is 0 Å². The van der Waals surface area contributed by atoms with Crippen molar-refractivity contribution in [3.63, 3.8) is 0 Å². The fourth-order valence-corrected chi connectivity index (χ4v) is 2.78. The van der Waals surface area contributed by atoms with E-state index in [0.29, 0.717) is 22.0 Å². The summed E-state index contributed by atoms with van der Waals surface area (Å²) >= 11 is 0.899. The molecule has 5 nitrogen and oxygen atoms in total. The van der Waals surface area contributed by atoms with E-state index in [1.165, 1.54) is 0 Å². The highest BCUT2D eigenvalue weighted by Crippen LogP contribution is 2.23. The summed E-state index contributed by atoms with van der Waals surface area (Å²) in [5.74, 6) is 1.12. The molecule has 1 heterocycles.